The second-order valence-corrected chi connectivity index (χ2v) is 5.71. The largest absolute Gasteiger partial charge is 0.323 e. The van der Waals surface area contributed by atoms with Crippen LogP contribution >= 0.6 is 11.8 Å². The molecule has 0 aromatic heterocycles. The van der Waals surface area contributed by atoms with Crippen molar-refractivity contribution in [2.45, 2.75) is 22.6 Å². The molecular weight excluding hydrogens is 226 g/mol. The maximum atomic E-state index is 6.32. The number of hydrogen-bond acceptors (Lipinski definition) is 2. The Balaban J connectivity index is 1.81. The van der Waals surface area contributed by atoms with E-state index in [1.165, 1.54) is 16.0 Å². The highest BCUT2D eigenvalue weighted by molar-refractivity contribution is 8.00. The molecule has 0 aliphatic heterocycles. The molecular formula is C15H15NS. The molecule has 0 saturated carbocycles. The molecule has 0 bridgehead atoms. The van der Waals surface area contributed by atoms with Crippen molar-refractivity contribution in [3.8, 4) is 0 Å². The third-order valence-electron chi connectivity index (χ3n) is 3.27. The number of thioether (sulfide) groups is 1. The van der Waals surface area contributed by atoms with Gasteiger partial charge in [0.2, 0.25) is 0 Å². The maximum Gasteiger partial charge on any atom is 0.0425 e. The van der Waals surface area contributed by atoms with Crippen molar-refractivity contribution in [3.63, 3.8) is 0 Å². The Labute approximate surface area is 106 Å². The van der Waals surface area contributed by atoms with E-state index in [9.17, 15) is 0 Å². The van der Waals surface area contributed by atoms with Gasteiger partial charge in [-0.05, 0) is 29.7 Å². The Morgan fingerprint density at radius 2 is 1.65 bits per heavy atom. The zero-order chi connectivity index (χ0) is 11.7. The number of benzene rings is 2. The predicted molar refractivity (Wildman–Crippen MR) is 73.2 cm³/mol. The summed E-state index contributed by atoms with van der Waals surface area (Å²) in [6.45, 7) is 0. The molecule has 0 heterocycles. The van der Waals surface area contributed by atoms with Crippen molar-refractivity contribution in [2.24, 2.45) is 5.73 Å². The average molecular weight is 241 g/mol. The second kappa shape index (κ2) is 4.55. The first-order valence-corrected chi connectivity index (χ1v) is 6.77. The van der Waals surface area contributed by atoms with Gasteiger partial charge in [-0.2, -0.15) is 0 Å². The summed E-state index contributed by atoms with van der Waals surface area (Å²) in [6.07, 6.45) is 1.08. The summed E-state index contributed by atoms with van der Waals surface area (Å²) in [5.74, 6) is 0. The topological polar surface area (TPSA) is 26.0 Å². The van der Waals surface area contributed by atoms with Crippen LogP contribution in [-0.2, 0) is 6.42 Å². The molecule has 86 valence electrons. The molecule has 0 radical (unpaired) electrons. The molecule has 2 aromatic carbocycles. The molecule has 2 aromatic rings. The van der Waals surface area contributed by atoms with E-state index in [2.05, 4.69) is 48.5 Å². The van der Waals surface area contributed by atoms with E-state index in [1.54, 1.807) is 0 Å². The lowest BCUT2D eigenvalue weighted by molar-refractivity contribution is 0.731. The van der Waals surface area contributed by atoms with Crippen LogP contribution in [0.5, 0.6) is 0 Å². The number of fused-ring (bicyclic) bond motifs is 1. The molecule has 2 heteroatoms. The van der Waals surface area contributed by atoms with Gasteiger partial charge in [0.25, 0.3) is 0 Å². The van der Waals surface area contributed by atoms with Crippen molar-refractivity contribution in [1.29, 1.82) is 0 Å². The standard InChI is InChI=1S/C15H15NS/c16-15-13-9-5-4-6-11(13)10-14(15)17-12-7-2-1-3-8-12/h1-9,14-15H,10,16H2. The van der Waals surface area contributed by atoms with Crippen LogP contribution in [0.15, 0.2) is 59.5 Å². The number of rotatable bonds is 2. The Hall–Kier alpha value is -1.25. The van der Waals surface area contributed by atoms with Crippen LogP contribution in [0.4, 0.5) is 0 Å². The van der Waals surface area contributed by atoms with E-state index in [0.29, 0.717) is 5.25 Å². The lowest BCUT2D eigenvalue weighted by atomic mass is 10.1. The zero-order valence-corrected chi connectivity index (χ0v) is 10.4. The van der Waals surface area contributed by atoms with Gasteiger partial charge in [0.05, 0.1) is 0 Å². The minimum Gasteiger partial charge on any atom is -0.323 e. The summed E-state index contributed by atoms with van der Waals surface area (Å²) in [6, 6.07) is 19.2. The molecule has 3 rings (SSSR count). The molecule has 1 aliphatic carbocycles. The fourth-order valence-corrected chi connectivity index (χ4v) is 3.60. The van der Waals surface area contributed by atoms with Crippen LogP contribution in [0.25, 0.3) is 0 Å². The van der Waals surface area contributed by atoms with Gasteiger partial charge in [0.15, 0.2) is 0 Å². The molecule has 1 nitrogen and oxygen atoms in total. The summed E-state index contributed by atoms with van der Waals surface area (Å²) in [7, 11) is 0. The van der Waals surface area contributed by atoms with Crippen LogP contribution < -0.4 is 5.73 Å². The smallest absolute Gasteiger partial charge is 0.0425 e. The van der Waals surface area contributed by atoms with Crippen molar-refractivity contribution < 1.29 is 0 Å². The summed E-state index contributed by atoms with van der Waals surface area (Å²) in [5.41, 5.74) is 9.05. The molecule has 2 unspecified atom stereocenters. The van der Waals surface area contributed by atoms with E-state index in [4.69, 9.17) is 5.73 Å². The van der Waals surface area contributed by atoms with E-state index in [1.807, 2.05) is 17.8 Å². The van der Waals surface area contributed by atoms with Gasteiger partial charge in [0.1, 0.15) is 0 Å². The van der Waals surface area contributed by atoms with Crippen molar-refractivity contribution in [2.75, 3.05) is 0 Å². The van der Waals surface area contributed by atoms with Crippen molar-refractivity contribution >= 4 is 11.8 Å². The fraction of sp³-hybridized carbons (Fsp3) is 0.200. The molecule has 17 heavy (non-hydrogen) atoms. The Bertz CT molecular complexity index is 509. The molecule has 2 N–H and O–H groups in total. The van der Waals surface area contributed by atoms with Gasteiger partial charge < -0.3 is 5.73 Å². The first kappa shape index (κ1) is 10.9. The Kier molecular flexibility index (Phi) is 2.91. The number of nitrogens with two attached hydrogens (primary N) is 1. The lowest BCUT2D eigenvalue weighted by Gasteiger charge is -2.15. The van der Waals surface area contributed by atoms with Gasteiger partial charge in [-0.1, -0.05) is 42.5 Å². The third kappa shape index (κ3) is 2.11. The highest BCUT2D eigenvalue weighted by atomic mass is 32.2. The Morgan fingerprint density at radius 1 is 0.941 bits per heavy atom. The second-order valence-electron chi connectivity index (χ2n) is 4.40. The predicted octanol–water partition coefficient (Wildman–Crippen LogP) is 3.40. The van der Waals surface area contributed by atoms with Crippen molar-refractivity contribution in [1.82, 2.24) is 0 Å². The van der Waals surface area contributed by atoms with Crippen molar-refractivity contribution in [3.05, 3.63) is 65.7 Å². The van der Waals surface area contributed by atoms with E-state index >= 15 is 0 Å². The first-order valence-electron chi connectivity index (χ1n) is 5.90. The maximum absolute atomic E-state index is 6.32. The van der Waals surface area contributed by atoms with Crippen LogP contribution in [0.3, 0.4) is 0 Å². The van der Waals surface area contributed by atoms with E-state index < -0.39 is 0 Å². The van der Waals surface area contributed by atoms with Crippen LogP contribution in [0.1, 0.15) is 17.2 Å². The molecule has 0 fully saturated rings. The zero-order valence-electron chi connectivity index (χ0n) is 9.54. The van der Waals surface area contributed by atoms with Gasteiger partial charge in [-0.15, -0.1) is 11.8 Å². The molecule has 1 aliphatic rings. The Morgan fingerprint density at radius 3 is 2.41 bits per heavy atom. The normalized spacial score (nSPS) is 22.4. The van der Waals surface area contributed by atoms with Gasteiger partial charge >= 0.3 is 0 Å². The summed E-state index contributed by atoms with van der Waals surface area (Å²) >= 11 is 1.89. The van der Waals surface area contributed by atoms with Gasteiger partial charge in [-0.25, -0.2) is 0 Å². The van der Waals surface area contributed by atoms with Gasteiger partial charge in [-0.3, -0.25) is 0 Å². The number of hydrogen-bond donors (Lipinski definition) is 1. The third-order valence-corrected chi connectivity index (χ3v) is 4.57. The van der Waals surface area contributed by atoms with Crippen LogP contribution in [0, 0.1) is 0 Å². The molecule has 0 saturated heterocycles. The van der Waals surface area contributed by atoms with Crippen LogP contribution in [-0.4, -0.2) is 5.25 Å². The molecule has 0 spiro atoms. The quantitative estimate of drug-likeness (QED) is 0.872. The summed E-state index contributed by atoms with van der Waals surface area (Å²) in [5, 5.41) is 0.467. The fourth-order valence-electron chi connectivity index (χ4n) is 2.38. The SMILES string of the molecule is NC1c2ccccc2CC1Sc1ccccc1. The average Bonchev–Trinajstić information content (AvgIpc) is 2.68. The lowest BCUT2D eigenvalue weighted by Crippen LogP contribution is -2.18. The monoisotopic (exact) mass is 241 g/mol. The van der Waals surface area contributed by atoms with Gasteiger partial charge in [0, 0.05) is 16.2 Å². The first-order chi connectivity index (χ1) is 8.34. The molecule has 2 atom stereocenters. The minimum atomic E-state index is 0.163. The summed E-state index contributed by atoms with van der Waals surface area (Å²) < 4.78 is 0. The summed E-state index contributed by atoms with van der Waals surface area (Å²) in [4.78, 5) is 1.31. The molecule has 0 amide bonds. The highest BCUT2D eigenvalue weighted by Gasteiger charge is 2.29. The van der Waals surface area contributed by atoms with E-state index in [0.717, 1.165) is 6.42 Å². The van der Waals surface area contributed by atoms with E-state index in [-0.39, 0.29) is 6.04 Å². The highest BCUT2D eigenvalue weighted by Crippen LogP contribution is 2.39. The minimum absolute atomic E-state index is 0.163. The van der Waals surface area contributed by atoms with Crippen LogP contribution in [0.2, 0.25) is 0 Å².